The molecule has 0 saturated heterocycles. The van der Waals surface area contributed by atoms with E-state index in [2.05, 4.69) is 34.2 Å². The number of nitro groups is 1. The monoisotopic (exact) mass is 477 g/mol. The first-order valence-electron chi connectivity index (χ1n) is 11.3. The summed E-state index contributed by atoms with van der Waals surface area (Å²) in [7, 11) is 3.22. The number of ether oxygens (including phenoxy) is 2. The number of fused-ring (bicyclic) bond motifs is 1. The molecule has 4 aromatic carbocycles. The number of methoxy groups -OCH3 is 2. The van der Waals surface area contributed by atoms with E-state index in [-0.39, 0.29) is 5.69 Å². The molecule has 1 heterocycles. The Labute approximate surface area is 207 Å². The second-order valence-corrected chi connectivity index (χ2v) is 8.09. The van der Waals surface area contributed by atoms with Gasteiger partial charge in [-0.3, -0.25) is 15.1 Å². The zero-order valence-corrected chi connectivity index (χ0v) is 19.8. The van der Waals surface area contributed by atoms with Crippen LogP contribution in [0.2, 0.25) is 0 Å². The van der Waals surface area contributed by atoms with Crippen molar-refractivity contribution in [3.8, 4) is 33.9 Å². The van der Waals surface area contributed by atoms with E-state index in [1.807, 2.05) is 42.5 Å². The van der Waals surface area contributed by atoms with Gasteiger partial charge in [0.05, 0.1) is 47.0 Å². The van der Waals surface area contributed by atoms with Crippen molar-refractivity contribution in [3.63, 3.8) is 0 Å². The molecule has 0 aliphatic heterocycles. The van der Waals surface area contributed by atoms with Gasteiger partial charge < -0.3 is 14.5 Å². The Morgan fingerprint density at radius 1 is 0.833 bits per heavy atom. The average molecular weight is 478 g/mol. The van der Waals surface area contributed by atoms with Gasteiger partial charge in [-0.05, 0) is 17.2 Å². The molecule has 0 aliphatic rings. The molecule has 0 radical (unpaired) electrons. The zero-order valence-electron chi connectivity index (χ0n) is 19.8. The number of hydrogen-bond donors (Lipinski definition) is 1. The summed E-state index contributed by atoms with van der Waals surface area (Å²) in [5.74, 6) is 1.22. The molecular weight excluding hydrogens is 454 g/mol. The molecule has 0 saturated carbocycles. The van der Waals surface area contributed by atoms with Gasteiger partial charge in [0.2, 0.25) is 0 Å². The third kappa shape index (κ3) is 4.18. The van der Waals surface area contributed by atoms with Crippen LogP contribution in [-0.2, 0) is 0 Å². The summed E-state index contributed by atoms with van der Waals surface area (Å²) in [6.07, 6.45) is 1.67. The number of benzene rings is 4. The number of rotatable bonds is 7. The highest BCUT2D eigenvalue weighted by atomic mass is 16.6. The van der Waals surface area contributed by atoms with E-state index < -0.39 is 4.92 Å². The third-order valence-corrected chi connectivity index (χ3v) is 5.99. The van der Waals surface area contributed by atoms with Crippen molar-refractivity contribution in [1.82, 2.24) is 4.98 Å². The summed E-state index contributed by atoms with van der Waals surface area (Å²) in [6, 6.07) is 28.2. The lowest BCUT2D eigenvalue weighted by Gasteiger charge is -2.12. The first-order chi connectivity index (χ1) is 17.6. The smallest absolute Gasteiger partial charge is 0.271 e. The van der Waals surface area contributed by atoms with Crippen LogP contribution in [0.4, 0.5) is 11.4 Å². The van der Waals surface area contributed by atoms with E-state index in [9.17, 15) is 10.1 Å². The van der Waals surface area contributed by atoms with Crippen molar-refractivity contribution in [2.45, 2.75) is 0 Å². The van der Waals surface area contributed by atoms with Crippen molar-refractivity contribution >= 4 is 28.5 Å². The minimum atomic E-state index is -0.436. The van der Waals surface area contributed by atoms with Crippen molar-refractivity contribution in [2.24, 2.45) is 4.99 Å². The maximum absolute atomic E-state index is 11.2. The van der Waals surface area contributed by atoms with Crippen LogP contribution in [0.3, 0.4) is 0 Å². The fourth-order valence-corrected chi connectivity index (χ4v) is 4.34. The highest BCUT2D eigenvalue weighted by molar-refractivity contribution is 6.13. The summed E-state index contributed by atoms with van der Waals surface area (Å²) >= 11 is 0. The fourth-order valence-electron chi connectivity index (χ4n) is 4.34. The number of hydrogen-bond acceptors (Lipinski definition) is 5. The molecule has 1 aromatic heterocycles. The first kappa shape index (κ1) is 22.9. The maximum Gasteiger partial charge on any atom is 0.271 e. The molecule has 7 nitrogen and oxygen atoms in total. The van der Waals surface area contributed by atoms with E-state index in [0.29, 0.717) is 22.7 Å². The minimum absolute atomic E-state index is 0.0194. The molecule has 0 fully saturated rings. The van der Waals surface area contributed by atoms with Crippen molar-refractivity contribution in [1.29, 1.82) is 0 Å². The topological polar surface area (TPSA) is 89.8 Å². The van der Waals surface area contributed by atoms with Crippen LogP contribution in [0.15, 0.2) is 96.0 Å². The molecule has 0 atom stereocenters. The highest BCUT2D eigenvalue weighted by Crippen LogP contribution is 2.45. The molecule has 36 heavy (non-hydrogen) atoms. The standard InChI is InChI=1S/C29H23N3O4/c1-35-24-17-25(36-2)27-26(19-10-5-3-6-11-19)28(20-12-7-4-8-13-20)31-29(27)23(24)18-30-21-14-9-15-22(16-21)32(33)34/h3-18,31H,1-2H3. The largest absolute Gasteiger partial charge is 0.496 e. The number of aliphatic imine (C=N–C) groups is 1. The Morgan fingerprint density at radius 3 is 2.14 bits per heavy atom. The molecule has 0 bridgehead atoms. The summed E-state index contributed by atoms with van der Waals surface area (Å²) < 4.78 is 11.5. The van der Waals surface area contributed by atoms with Gasteiger partial charge in [-0.1, -0.05) is 66.7 Å². The Balaban J connectivity index is 1.80. The van der Waals surface area contributed by atoms with Crippen LogP contribution in [0, 0.1) is 10.1 Å². The molecule has 0 unspecified atom stereocenters. The van der Waals surface area contributed by atoms with Crippen LogP contribution in [0.1, 0.15) is 5.56 Å². The highest BCUT2D eigenvalue weighted by Gasteiger charge is 2.23. The second-order valence-electron chi connectivity index (χ2n) is 8.09. The lowest BCUT2D eigenvalue weighted by atomic mass is 9.97. The molecule has 0 aliphatic carbocycles. The summed E-state index contributed by atoms with van der Waals surface area (Å²) in [5.41, 5.74) is 5.94. The van der Waals surface area contributed by atoms with Crippen LogP contribution < -0.4 is 9.47 Å². The van der Waals surface area contributed by atoms with Crippen molar-refractivity contribution in [3.05, 3.63) is 107 Å². The zero-order chi connectivity index (χ0) is 25.1. The van der Waals surface area contributed by atoms with Gasteiger partial charge in [-0.25, -0.2) is 0 Å². The number of aromatic nitrogens is 1. The second kappa shape index (κ2) is 9.76. The van der Waals surface area contributed by atoms with Gasteiger partial charge >= 0.3 is 0 Å². The van der Waals surface area contributed by atoms with Gasteiger partial charge in [-0.2, -0.15) is 0 Å². The summed E-state index contributed by atoms with van der Waals surface area (Å²) in [6.45, 7) is 0. The molecule has 0 amide bonds. The average Bonchev–Trinajstić information content (AvgIpc) is 3.33. The van der Waals surface area contributed by atoms with Gasteiger partial charge in [0.15, 0.2) is 0 Å². The molecule has 1 N–H and O–H groups in total. The molecule has 5 aromatic rings. The SMILES string of the molecule is COc1cc(OC)c2c(-c3ccccc3)c(-c3ccccc3)[nH]c2c1C=Nc1cccc([N+](=O)[O-])c1. The predicted octanol–water partition coefficient (Wildman–Crippen LogP) is 7.18. The van der Waals surface area contributed by atoms with E-state index in [4.69, 9.17) is 9.47 Å². The number of aromatic amines is 1. The molecule has 178 valence electrons. The Morgan fingerprint density at radius 2 is 1.50 bits per heavy atom. The van der Waals surface area contributed by atoms with Crippen LogP contribution in [0.25, 0.3) is 33.3 Å². The van der Waals surface area contributed by atoms with Crippen LogP contribution >= 0.6 is 0 Å². The van der Waals surface area contributed by atoms with Crippen molar-refractivity contribution in [2.75, 3.05) is 14.2 Å². The molecule has 0 spiro atoms. The van der Waals surface area contributed by atoms with Gasteiger partial charge in [0.1, 0.15) is 11.5 Å². The number of H-pyrrole nitrogens is 1. The molecular formula is C29H23N3O4. The van der Waals surface area contributed by atoms with E-state index >= 15 is 0 Å². The Bertz CT molecular complexity index is 1580. The maximum atomic E-state index is 11.2. The van der Waals surface area contributed by atoms with Crippen LogP contribution in [0.5, 0.6) is 11.5 Å². The van der Waals surface area contributed by atoms with Gasteiger partial charge in [0.25, 0.3) is 5.69 Å². The number of non-ortho nitro benzene ring substituents is 1. The first-order valence-corrected chi connectivity index (χ1v) is 11.3. The minimum Gasteiger partial charge on any atom is -0.496 e. The van der Waals surface area contributed by atoms with E-state index in [1.165, 1.54) is 12.1 Å². The van der Waals surface area contributed by atoms with Gasteiger partial charge in [0, 0.05) is 30.0 Å². The molecule has 7 heteroatoms. The van der Waals surface area contributed by atoms with Crippen molar-refractivity contribution < 1.29 is 14.4 Å². The molecule has 5 rings (SSSR count). The van der Waals surface area contributed by atoms with E-state index in [0.717, 1.165) is 33.3 Å². The number of nitrogens with zero attached hydrogens (tertiary/aromatic N) is 2. The number of nitrogens with one attached hydrogen (secondary N) is 1. The summed E-state index contributed by atoms with van der Waals surface area (Å²) in [4.78, 5) is 18.9. The fraction of sp³-hybridized carbons (Fsp3) is 0.0690. The predicted molar refractivity (Wildman–Crippen MR) is 143 cm³/mol. The Hall–Kier alpha value is -4.91. The normalized spacial score (nSPS) is 11.2. The lowest BCUT2D eigenvalue weighted by Crippen LogP contribution is -1.95. The van der Waals surface area contributed by atoms with E-state index in [1.54, 1.807) is 32.6 Å². The quantitative estimate of drug-likeness (QED) is 0.153. The number of nitro benzene ring substituents is 1. The third-order valence-electron chi connectivity index (χ3n) is 5.99. The summed E-state index contributed by atoms with van der Waals surface area (Å²) in [5, 5.41) is 12.1. The Kier molecular flexibility index (Phi) is 6.19. The van der Waals surface area contributed by atoms with Gasteiger partial charge in [-0.15, -0.1) is 0 Å². The van der Waals surface area contributed by atoms with Crippen LogP contribution in [-0.4, -0.2) is 30.3 Å². The lowest BCUT2D eigenvalue weighted by molar-refractivity contribution is -0.384.